The van der Waals surface area contributed by atoms with Gasteiger partial charge in [-0.1, -0.05) is 18.5 Å². The van der Waals surface area contributed by atoms with Gasteiger partial charge in [-0.2, -0.15) is 4.98 Å². The number of anilines is 4. The Hall–Kier alpha value is -3.67. The predicted octanol–water partition coefficient (Wildman–Crippen LogP) is 4.29. The van der Waals surface area contributed by atoms with E-state index in [0.29, 0.717) is 58.7 Å². The highest BCUT2D eigenvalue weighted by atomic mass is 35.5. The number of hydrogen-bond acceptors (Lipinski definition) is 8. The lowest BCUT2D eigenvalue weighted by Crippen LogP contribution is -2.50. The van der Waals surface area contributed by atoms with Crippen LogP contribution in [0.3, 0.4) is 0 Å². The van der Waals surface area contributed by atoms with E-state index in [1.165, 1.54) is 17.7 Å². The normalized spacial score (nSPS) is 23.7. The Bertz CT molecular complexity index is 1580. The summed E-state index contributed by atoms with van der Waals surface area (Å²) < 4.78 is 36.8. The Morgan fingerprint density at radius 3 is 2.78 bits per heavy atom. The molecule has 0 bridgehead atoms. The number of pyridine rings is 1. The molecule has 0 unspecified atom stereocenters. The summed E-state index contributed by atoms with van der Waals surface area (Å²) in [6, 6.07) is 4.15. The third-order valence-electron chi connectivity index (χ3n) is 7.95. The minimum atomic E-state index is -3.12. The van der Waals surface area contributed by atoms with Crippen molar-refractivity contribution in [3.05, 3.63) is 39.8 Å². The van der Waals surface area contributed by atoms with Crippen molar-refractivity contribution in [2.24, 2.45) is 18.9 Å². The van der Waals surface area contributed by atoms with Crippen LogP contribution in [-0.2, 0) is 11.8 Å². The first-order valence-corrected chi connectivity index (χ1v) is 14.1. The number of piperidine rings is 1. The number of amides is 1. The van der Waals surface area contributed by atoms with Gasteiger partial charge in [0.2, 0.25) is 17.6 Å². The van der Waals surface area contributed by atoms with E-state index in [9.17, 15) is 18.4 Å². The van der Waals surface area contributed by atoms with Gasteiger partial charge in [0.1, 0.15) is 5.02 Å². The largest absolute Gasteiger partial charge is 0.480 e. The van der Waals surface area contributed by atoms with Crippen molar-refractivity contribution >= 4 is 51.6 Å². The van der Waals surface area contributed by atoms with Crippen molar-refractivity contribution in [3.63, 3.8) is 0 Å². The maximum absolute atomic E-state index is 15.0. The van der Waals surface area contributed by atoms with Gasteiger partial charge in [-0.15, -0.1) is 0 Å². The molecular weight excluding hydrogens is 556 g/mol. The minimum absolute atomic E-state index is 0.0177. The Labute approximate surface area is 240 Å². The van der Waals surface area contributed by atoms with Crippen molar-refractivity contribution in [2.45, 2.75) is 51.1 Å². The van der Waals surface area contributed by atoms with E-state index in [2.05, 4.69) is 32.8 Å². The third kappa shape index (κ3) is 5.37. The molecule has 41 heavy (non-hydrogen) atoms. The molecule has 3 atom stereocenters. The zero-order chi connectivity index (χ0) is 29.1. The van der Waals surface area contributed by atoms with Crippen molar-refractivity contribution in [2.75, 3.05) is 35.2 Å². The quantitative estimate of drug-likeness (QED) is 0.405. The highest BCUT2D eigenvalue weighted by Crippen LogP contribution is 2.45. The van der Waals surface area contributed by atoms with Gasteiger partial charge >= 0.3 is 5.92 Å². The number of carbonyl (C=O) groups excluding carboxylic acids is 1. The van der Waals surface area contributed by atoms with Crippen LogP contribution in [0.2, 0.25) is 5.02 Å². The maximum Gasteiger partial charge on any atom is 0.301 e. The molecule has 1 saturated carbocycles. The Morgan fingerprint density at radius 2 is 2.05 bits per heavy atom. The van der Waals surface area contributed by atoms with Crippen molar-refractivity contribution < 1.29 is 18.3 Å². The smallest absolute Gasteiger partial charge is 0.301 e. The summed E-state index contributed by atoms with van der Waals surface area (Å²) in [5.41, 5.74) is 0.941. The fourth-order valence-electron chi connectivity index (χ4n) is 5.93. The lowest BCUT2D eigenvalue weighted by molar-refractivity contribution is -0.119. The number of halogens is 3. The fraction of sp³-hybridized carbons (Fsp3) is 0.500. The van der Waals surface area contributed by atoms with Gasteiger partial charge in [-0.3, -0.25) is 9.59 Å². The molecule has 2 fully saturated rings. The zero-order valence-corrected chi connectivity index (χ0v) is 23.8. The number of nitrogens with one attached hydrogen (secondary N) is 3. The topological polar surface area (TPSA) is 113 Å². The van der Waals surface area contributed by atoms with Crippen LogP contribution in [0.5, 0.6) is 5.75 Å². The van der Waals surface area contributed by atoms with Crippen LogP contribution in [0.1, 0.15) is 33.1 Å². The monoisotopic (exact) mass is 587 g/mol. The lowest BCUT2D eigenvalue weighted by atomic mass is 9.96. The molecule has 6 rings (SSSR count). The molecule has 1 saturated heterocycles. The van der Waals surface area contributed by atoms with Gasteiger partial charge in [0.15, 0.2) is 12.4 Å². The Balaban J connectivity index is 1.34. The summed E-state index contributed by atoms with van der Waals surface area (Å²) in [6.07, 6.45) is 3.79. The SMILES string of the molecule is CC(=O)N[C@@H]1C[C@H](C)CN(c2ncc(Cl)c(Nc3ccc4c(c3)c3c(c(=O)n4C)OCC(F)(F)[C@H](C4CC4)N3)n2)C1. The number of nitrogens with zero attached hydrogens (tertiary/aromatic N) is 4. The van der Waals surface area contributed by atoms with E-state index in [-0.39, 0.29) is 29.3 Å². The van der Waals surface area contributed by atoms with Gasteiger partial charge in [0, 0.05) is 44.2 Å². The molecule has 3 N–H and O–H groups in total. The molecule has 0 radical (unpaired) electrons. The summed E-state index contributed by atoms with van der Waals surface area (Å²) in [7, 11) is 1.59. The molecule has 0 spiro atoms. The number of carbonyl (C=O) groups is 1. The van der Waals surface area contributed by atoms with Crippen LogP contribution < -0.4 is 31.1 Å². The van der Waals surface area contributed by atoms with Crippen LogP contribution in [0.4, 0.5) is 31.9 Å². The second-order valence-corrected chi connectivity index (χ2v) is 11.9. The molecule has 1 aliphatic carbocycles. The van der Waals surface area contributed by atoms with Crippen LogP contribution in [0.15, 0.2) is 29.2 Å². The molecule has 218 valence electrons. The number of fused-ring (bicyclic) bond motifs is 3. The molecule has 13 heteroatoms. The van der Waals surface area contributed by atoms with E-state index < -0.39 is 24.1 Å². The van der Waals surface area contributed by atoms with Gasteiger partial charge in [0.25, 0.3) is 5.56 Å². The second kappa shape index (κ2) is 10.3. The van der Waals surface area contributed by atoms with Gasteiger partial charge in [-0.05, 0) is 49.3 Å². The molecule has 10 nitrogen and oxygen atoms in total. The summed E-state index contributed by atoms with van der Waals surface area (Å²) in [5, 5.41) is 10.1. The van der Waals surface area contributed by atoms with Crippen LogP contribution in [0, 0.1) is 11.8 Å². The first-order valence-electron chi connectivity index (χ1n) is 13.8. The average Bonchev–Trinajstić information content (AvgIpc) is 3.75. The molecule has 2 aromatic heterocycles. The molecule has 3 aliphatic rings. The second-order valence-electron chi connectivity index (χ2n) is 11.4. The van der Waals surface area contributed by atoms with E-state index in [4.69, 9.17) is 16.3 Å². The van der Waals surface area contributed by atoms with E-state index in [0.717, 1.165) is 13.0 Å². The van der Waals surface area contributed by atoms with Crippen LogP contribution in [-0.4, -0.2) is 58.1 Å². The standard InChI is InChI=1S/C28H32ClF2N7O3/c1-14-8-18(33-15(2)39)12-38(11-14)27-32-10-20(29)25(36-27)34-17-6-7-21-19(9-17)22-23(26(40)37(21)3)41-13-28(30,31)24(35-22)16-4-5-16/h6-7,9-10,14,16,18,24,35H,4-5,8,11-13H2,1-3H3,(H,33,39)(H,32,34,36)/t14-,18+,24-/m0/s1. The van der Waals surface area contributed by atoms with Crippen molar-refractivity contribution in [1.82, 2.24) is 19.9 Å². The number of hydrogen-bond donors (Lipinski definition) is 3. The molecule has 1 aromatic carbocycles. The number of alkyl halides is 2. The van der Waals surface area contributed by atoms with Crippen LogP contribution >= 0.6 is 11.6 Å². The summed E-state index contributed by atoms with van der Waals surface area (Å²) in [6.45, 7) is 4.06. The first kappa shape index (κ1) is 27.5. The predicted molar refractivity (Wildman–Crippen MR) is 154 cm³/mol. The minimum Gasteiger partial charge on any atom is -0.480 e. The molecule has 2 aliphatic heterocycles. The van der Waals surface area contributed by atoms with Crippen molar-refractivity contribution in [3.8, 4) is 5.75 Å². The zero-order valence-electron chi connectivity index (χ0n) is 23.0. The summed E-state index contributed by atoms with van der Waals surface area (Å²) in [5.74, 6) is -2.34. The van der Waals surface area contributed by atoms with E-state index >= 15 is 0 Å². The lowest BCUT2D eigenvalue weighted by Gasteiger charge is -2.36. The van der Waals surface area contributed by atoms with Gasteiger partial charge < -0.3 is 30.2 Å². The van der Waals surface area contributed by atoms with E-state index in [1.807, 2.05) is 4.90 Å². The van der Waals surface area contributed by atoms with Gasteiger partial charge in [0.05, 0.1) is 23.4 Å². The number of ether oxygens (including phenoxy) is 1. The number of rotatable bonds is 5. The molecular formula is C28H32ClF2N7O3. The number of benzene rings is 1. The van der Waals surface area contributed by atoms with Gasteiger partial charge in [-0.25, -0.2) is 13.8 Å². The highest BCUT2D eigenvalue weighted by molar-refractivity contribution is 6.33. The number of aromatic nitrogens is 3. The van der Waals surface area contributed by atoms with E-state index in [1.54, 1.807) is 25.2 Å². The first-order chi connectivity index (χ1) is 19.5. The highest BCUT2D eigenvalue weighted by Gasteiger charge is 2.51. The fourth-order valence-corrected chi connectivity index (χ4v) is 6.07. The molecule has 4 heterocycles. The molecule has 3 aromatic rings. The Morgan fingerprint density at radius 1 is 1.27 bits per heavy atom. The Kier molecular flexibility index (Phi) is 6.91. The third-order valence-corrected chi connectivity index (χ3v) is 8.23. The van der Waals surface area contributed by atoms with Crippen LogP contribution in [0.25, 0.3) is 10.9 Å². The molecule has 1 amide bonds. The maximum atomic E-state index is 15.0. The summed E-state index contributed by atoms with van der Waals surface area (Å²) in [4.78, 5) is 35.8. The summed E-state index contributed by atoms with van der Waals surface area (Å²) >= 11 is 6.48. The average molecular weight is 588 g/mol. The number of aryl methyl sites for hydroxylation is 1. The van der Waals surface area contributed by atoms with Crippen molar-refractivity contribution in [1.29, 1.82) is 0 Å².